The number of aliphatic hydroxyl groups is 2. The maximum atomic E-state index is 13.5. The van der Waals surface area contributed by atoms with Crippen LogP contribution in [0.1, 0.15) is 12.5 Å². The Hall–Kier alpha value is -2.43. The van der Waals surface area contributed by atoms with Crippen LogP contribution in [0.3, 0.4) is 0 Å². The number of nitrogen functional groups attached to an aromatic ring is 2. The number of nitrogens with zero attached hydrogens (tertiary/aromatic N) is 8. The Bertz CT molecular complexity index is 1700. The summed E-state index contributed by atoms with van der Waals surface area (Å²) in [5.41, 5.74) is 12.8. The number of aliphatic hydroxyl groups excluding tert-OH is 2. The van der Waals surface area contributed by atoms with Gasteiger partial charge in [-0.1, -0.05) is 12.2 Å². The normalized spacial score (nSPS) is 38.3. The summed E-state index contributed by atoms with van der Waals surface area (Å²) in [4.78, 5) is 35.6. The van der Waals surface area contributed by atoms with E-state index < -0.39 is 75.8 Å². The van der Waals surface area contributed by atoms with Crippen molar-refractivity contribution >= 4 is 71.5 Å². The lowest BCUT2D eigenvalue weighted by atomic mass is 10.1. The first-order chi connectivity index (χ1) is 20.9. The second-order valence-electron chi connectivity index (χ2n) is 9.95. The van der Waals surface area contributed by atoms with Crippen LogP contribution in [0.25, 0.3) is 22.3 Å². The van der Waals surface area contributed by atoms with E-state index in [-0.39, 0.29) is 34.0 Å². The molecule has 4 aromatic rings. The molecule has 3 unspecified atom stereocenters. The number of hydrogen-bond acceptors (Lipinski definition) is 18. The molecule has 3 aliphatic rings. The molecule has 24 heteroatoms. The summed E-state index contributed by atoms with van der Waals surface area (Å²) in [6, 6.07) is 0. The summed E-state index contributed by atoms with van der Waals surface area (Å²) >= 11 is 9.35. The Kier molecular flexibility index (Phi) is 7.64. The number of nitrogens with two attached hydrogens (primary N) is 2. The summed E-state index contributed by atoms with van der Waals surface area (Å²) in [5.74, 6) is 0.189. The molecule has 0 amide bonds. The minimum Gasteiger partial charge on any atom is -0.387 e. The van der Waals surface area contributed by atoms with E-state index in [1.54, 1.807) is 0 Å². The van der Waals surface area contributed by atoms with Crippen molar-refractivity contribution < 1.29 is 47.2 Å². The molecule has 0 spiro atoms. The average Bonchev–Trinajstić information content (AvgIpc) is 3.73. The molecule has 0 aliphatic carbocycles. The molecule has 4 bridgehead atoms. The van der Waals surface area contributed by atoms with E-state index in [4.69, 9.17) is 50.8 Å². The van der Waals surface area contributed by atoms with E-state index in [1.807, 2.05) is 0 Å². The van der Waals surface area contributed by atoms with Gasteiger partial charge < -0.3 is 40.6 Å². The second-order valence-corrected chi connectivity index (χ2v) is 15.6. The van der Waals surface area contributed by atoms with Gasteiger partial charge in [-0.2, -0.15) is 0 Å². The quantitative estimate of drug-likeness (QED) is 0.113. The second kappa shape index (κ2) is 11.1. The van der Waals surface area contributed by atoms with Crippen LogP contribution in [-0.4, -0.2) is 104 Å². The Labute approximate surface area is 256 Å². The van der Waals surface area contributed by atoms with E-state index in [0.29, 0.717) is 0 Å². The van der Waals surface area contributed by atoms with Crippen LogP contribution in [0.15, 0.2) is 25.3 Å². The van der Waals surface area contributed by atoms with Crippen LogP contribution in [0.2, 0.25) is 0 Å². The zero-order valence-electron chi connectivity index (χ0n) is 22.0. The van der Waals surface area contributed by atoms with Gasteiger partial charge in [0.25, 0.3) is 0 Å². The number of fused-ring (bicyclic) bond motifs is 6. The standard InChI is InChI=1S/C20H24N10O10P2S2/c21-15-9-17(25-3-23-15)29(5-27-9)19-13-11(31)7(37-19)1-35-41(33,43)39-14-12(32)8(2-36-42(34,44)40-13)38-20(14)30-6-28-10-16(22)24-4-26-18(10)30/h3-8,11-14,19-20,31-32H,1-2H2,(H,33,43)(H,34,44)(H2,21,23,25)(H2,22,24,26)/t7-,8-,11-,12-,13-,14?,19-,20-,41?,42?/m1/s1. The van der Waals surface area contributed by atoms with Gasteiger partial charge in [0.15, 0.2) is 35.4 Å². The lowest BCUT2D eigenvalue weighted by molar-refractivity contribution is -0.0600. The summed E-state index contributed by atoms with van der Waals surface area (Å²) in [6.07, 6.45) is -5.49. The molecule has 7 N–H and O–H groups in total. The number of ether oxygens (including phenoxy) is 2. The Balaban J connectivity index is 1.22. The van der Waals surface area contributed by atoms with Gasteiger partial charge in [0.05, 0.1) is 25.9 Å². The van der Waals surface area contributed by atoms with Crippen molar-refractivity contribution in [2.45, 2.75) is 49.1 Å². The van der Waals surface area contributed by atoms with E-state index >= 15 is 0 Å². The Morgan fingerprint density at radius 1 is 0.818 bits per heavy atom. The molecule has 7 rings (SSSR count). The molecule has 44 heavy (non-hydrogen) atoms. The smallest absolute Gasteiger partial charge is 0.386 e. The lowest BCUT2D eigenvalue weighted by Gasteiger charge is -2.27. The predicted molar refractivity (Wildman–Crippen MR) is 154 cm³/mol. The highest BCUT2D eigenvalue weighted by atomic mass is 32.7. The van der Waals surface area contributed by atoms with Crippen molar-refractivity contribution in [1.82, 2.24) is 39.0 Å². The van der Waals surface area contributed by atoms with Crippen molar-refractivity contribution in [3.63, 3.8) is 0 Å². The highest BCUT2D eigenvalue weighted by Gasteiger charge is 2.53. The fourth-order valence-corrected chi connectivity index (χ4v) is 8.08. The molecule has 3 saturated heterocycles. The lowest BCUT2D eigenvalue weighted by Crippen LogP contribution is -2.37. The zero-order valence-corrected chi connectivity index (χ0v) is 25.5. The largest absolute Gasteiger partial charge is 0.387 e. The molecule has 4 aromatic heterocycles. The highest BCUT2D eigenvalue weighted by molar-refractivity contribution is 8.44. The molecular weight excluding hydrogens is 666 g/mol. The van der Waals surface area contributed by atoms with Crippen molar-refractivity contribution in [1.29, 1.82) is 0 Å². The van der Waals surface area contributed by atoms with Crippen LogP contribution in [0.5, 0.6) is 0 Å². The maximum Gasteiger partial charge on any atom is 0.386 e. The highest BCUT2D eigenvalue weighted by Crippen LogP contribution is 2.58. The van der Waals surface area contributed by atoms with Crippen molar-refractivity contribution in [3.8, 4) is 0 Å². The number of imidazole rings is 2. The third-order valence-corrected chi connectivity index (χ3v) is 10.4. The average molecular weight is 691 g/mol. The van der Waals surface area contributed by atoms with Gasteiger partial charge in [-0.3, -0.25) is 22.7 Å². The van der Waals surface area contributed by atoms with Crippen LogP contribution in [0.4, 0.5) is 11.6 Å². The third-order valence-electron chi connectivity index (χ3n) is 7.26. The number of aromatic nitrogens is 8. The van der Waals surface area contributed by atoms with Crippen LogP contribution in [0, 0.1) is 0 Å². The first-order valence-electron chi connectivity index (χ1n) is 12.8. The number of anilines is 2. The van der Waals surface area contributed by atoms with Gasteiger partial charge in [0.2, 0.25) is 0 Å². The van der Waals surface area contributed by atoms with Gasteiger partial charge in [-0.05, 0) is 11.8 Å². The zero-order chi connectivity index (χ0) is 31.0. The summed E-state index contributed by atoms with van der Waals surface area (Å²) in [7, 11) is 0. The monoisotopic (exact) mass is 690 g/mol. The third kappa shape index (κ3) is 5.28. The first-order valence-corrected chi connectivity index (χ1v) is 18.1. The van der Waals surface area contributed by atoms with E-state index in [2.05, 4.69) is 42.2 Å². The summed E-state index contributed by atoms with van der Waals surface area (Å²) in [5, 5.41) is 22.4. The van der Waals surface area contributed by atoms with Gasteiger partial charge in [-0.15, -0.1) is 0 Å². The van der Waals surface area contributed by atoms with Crippen LogP contribution >= 0.6 is 25.8 Å². The number of rotatable bonds is 2. The van der Waals surface area contributed by atoms with E-state index in [1.165, 1.54) is 34.4 Å². The minimum absolute atomic E-state index is 0.0934. The molecule has 236 valence electrons. The SMILES string of the molecule is Nc1ncnc2c1ncn2[C@@H]1O[C@@H]2COP(O)(=S)O[C@@H]3[C@H](O)[C@@H](COP(=O)(S)OC1[C@@H]2O)O[C@H]3n1cnc2c(N)ncnc21. The number of hydrogen-bond donors (Lipinski definition) is 6. The van der Waals surface area contributed by atoms with Crippen molar-refractivity contribution in [2.24, 2.45) is 0 Å². The number of thiol groups is 1. The molecule has 10 atom stereocenters. The molecular formula is C20H24N10O10P2S2. The Morgan fingerprint density at radius 3 is 1.82 bits per heavy atom. The topological polar surface area (TPSA) is 272 Å². The van der Waals surface area contributed by atoms with E-state index in [9.17, 15) is 19.7 Å². The van der Waals surface area contributed by atoms with Crippen molar-refractivity contribution in [3.05, 3.63) is 25.3 Å². The molecule has 3 aliphatic heterocycles. The molecule has 7 heterocycles. The summed E-state index contributed by atoms with van der Waals surface area (Å²) < 4.78 is 50.9. The van der Waals surface area contributed by atoms with Gasteiger partial charge in [0, 0.05) is 0 Å². The molecule has 20 nitrogen and oxygen atoms in total. The predicted octanol–water partition coefficient (Wildman–Crippen LogP) is -0.581. The molecule has 0 radical (unpaired) electrons. The van der Waals surface area contributed by atoms with Crippen LogP contribution in [-0.2, 0) is 43.9 Å². The van der Waals surface area contributed by atoms with Gasteiger partial charge in [0.1, 0.15) is 60.3 Å². The molecule has 0 saturated carbocycles. The van der Waals surface area contributed by atoms with Crippen LogP contribution < -0.4 is 11.5 Å². The first kappa shape index (κ1) is 30.2. The van der Waals surface area contributed by atoms with E-state index in [0.717, 1.165) is 0 Å². The maximum absolute atomic E-state index is 13.5. The minimum atomic E-state index is -4.29. The fraction of sp³-hybridized carbons (Fsp3) is 0.500. The molecule has 0 aromatic carbocycles. The molecule has 3 fully saturated rings. The Morgan fingerprint density at radius 2 is 1.30 bits per heavy atom. The summed E-state index contributed by atoms with van der Waals surface area (Å²) in [6.45, 7) is -9.50. The fourth-order valence-electron chi connectivity index (χ4n) is 5.20. The van der Waals surface area contributed by atoms with Gasteiger partial charge >= 0.3 is 13.5 Å². The van der Waals surface area contributed by atoms with Crippen molar-refractivity contribution in [2.75, 3.05) is 24.7 Å². The van der Waals surface area contributed by atoms with Gasteiger partial charge in [-0.25, -0.2) is 34.5 Å².